The minimum absolute atomic E-state index is 0.237. The van der Waals surface area contributed by atoms with Crippen LogP contribution < -0.4 is 4.90 Å². The fourth-order valence-electron chi connectivity index (χ4n) is 2.87. The third kappa shape index (κ3) is 3.57. The Morgan fingerprint density at radius 2 is 1.68 bits per heavy atom. The van der Waals surface area contributed by atoms with Gasteiger partial charge in [0.25, 0.3) is 0 Å². The van der Waals surface area contributed by atoms with Crippen LogP contribution in [0.3, 0.4) is 0 Å². The number of hydrogen-bond donors (Lipinski definition) is 0. The van der Waals surface area contributed by atoms with E-state index in [9.17, 15) is 4.79 Å². The van der Waals surface area contributed by atoms with E-state index in [1.165, 1.54) is 0 Å². The first kappa shape index (κ1) is 16.7. The molecule has 22 heavy (non-hydrogen) atoms. The molecule has 1 aromatic heterocycles. The molecule has 122 valence electrons. The zero-order valence-corrected chi connectivity index (χ0v) is 14.7. The molecular weight excluding hydrogens is 276 g/mol. The lowest BCUT2D eigenvalue weighted by molar-refractivity contribution is -0.139. The second-order valence-corrected chi connectivity index (χ2v) is 7.19. The van der Waals surface area contributed by atoms with Crippen molar-refractivity contribution < 1.29 is 4.79 Å². The number of hydrogen-bond acceptors (Lipinski definition) is 4. The van der Waals surface area contributed by atoms with E-state index in [1.54, 1.807) is 0 Å². The first-order chi connectivity index (χ1) is 10.2. The topological polar surface area (TPSA) is 49.3 Å². The maximum absolute atomic E-state index is 12.5. The molecule has 5 nitrogen and oxygen atoms in total. The fourth-order valence-corrected chi connectivity index (χ4v) is 2.87. The quantitative estimate of drug-likeness (QED) is 0.800. The van der Waals surface area contributed by atoms with Gasteiger partial charge in [-0.05, 0) is 27.2 Å². The number of nitrogens with zero attached hydrogens (tertiary/aromatic N) is 4. The summed E-state index contributed by atoms with van der Waals surface area (Å²) in [4.78, 5) is 25.8. The Morgan fingerprint density at radius 3 is 2.32 bits per heavy atom. The largest absolute Gasteiger partial charge is 0.354 e. The van der Waals surface area contributed by atoms with Crippen molar-refractivity contribution in [2.45, 2.75) is 48.0 Å². The molecular formula is C17H28N4O. The number of aryl methyl sites for hydroxylation is 2. The van der Waals surface area contributed by atoms with Gasteiger partial charge in [0, 0.05) is 42.9 Å². The smallest absolute Gasteiger partial charge is 0.228 e. The van der Waals surface area contributed by atoms with Gasteiger partial charge in [-0.3, -0.25) is 4.79 Å². The van der Waals surface area contributed by atoms with Crippen molar-refractivity contribution in [1.29, 1.82) is 0 Å². The molecule has 2 rings (SSSR count). The minimum atomic E-state index is -0.312. The Kier molecular flexibility index (Phi) is 4.73. The molecule has 1 saturated heterocycles. The van der Waals surface area contributed by atoms with Crippen LogP contribution in [0, 0.1) is 26.2 Å². The van der Waals surface area contributed by atoms with Crippen LogP contribution in [0.2, 0.25) is 0 Å². The van der Waals surface area contributed by atoms with Gasteiger partial charge in [-0.25, -0.2) is 9.97 Å². The van der Waals surface area contributed by atoms with Crippen molar-refractivity contribution in [2.75, 3.05) is 31.1 Å². The Labute approximate surface area is 133 Å². The maximum Gasteiger partial charge on any atom is 0.228 e. The second-order valence-electron chi connectivity index (χ2n) is 7.19. The van der Waals surface area contributed by atoms with E-state index < -0.39 is 0 Å². The van der Waals surface area contributed by atoms with E-state index in [1.807, 2.05) is 39.5 Å². The predicted molar refractivity (Wildman–Crippen MR) is 89.1 cm³/mol. The van der Waals surface area contributed by atoms with Crippen LogP contribution in [-0.4, -0.2) is 47.0 Å². The molecule has 0 N–H and O–H groups in total. The Balaban J connectivity index is 2.16. The SMILES string of the molecule is Cc1nc(C)c(C)c(N2CCCN(C(=O)C(C)(C)C)CC2)n1. The summed E-state index contributed by atoms with van der Waals surface area (Å²) >= 11 is 0. The average Bonchev–Trinajstić information content (AvgIpc) is 2.66. The van der Waals surface area contributed by atoms with Gasteiger partial charge in [0.2, 0.25) is 5.91 Å². The van der Waals surface area contributed by atoms with Crippen molar-refractivity contribution in [3.8, 4) is 0 Å². The van der Waals surface area contributed by atoms with Crippen LogP contribution in [0.15, 0.2) is 0 Å². The summed E-state index contributed by atoms with van der Waals surface area (Å²) in [6.07, 6.45) is 0.976. The fraction of sp³-hybridized carbons (Fsp3) is 0.706. The van der Waals surface area contributed by atoms with E-state index in [0.717, 1.165) is 55.5 Å². The van der Waals surface area contributed by atoms with Gasteiger partial charge in [-0.15, -0.1) is 0 Å². The van der Waals surface area contributed by atoms with Gasteiger partial charge >= 0.3 is 0 Å². The van der Waals surface area contributed by atoms with Gasteiger partial charge in [-0.1, -0.05) is 20.8 Å². The van der Waals surface area contributed by atoms with Crippen LogP contribution in [0.1, 0.15) is 44.3 Å². The Hall–Kier alpha value is -1.65. The van der Waals surface area contributed by atoms with Gasteiger partial charge in [-0.2, -0.15) is 0 Å². The van der Waals surface area contributed by atoms with Gasteiger partial charge in [0.15, 0.2) is 0 Å². The lowest BCUT2D eigenvalue weighted by Gasteiger charge is -2.29. The summed E-state index contributed by atoms with van der Waals surface area (Å²) in [6, 6.07) is 0. The van der Waals surface area contributed by atoms with E-state index in [2.05, 4.69) is 21.8 Å². The summed E-state index contributed by atoms with van der Waals surface area (Å²) in [5, 5.41) is 0. The molecule has 0 spiro atoms. The molecule has 5 heteroatoms. The van der Waals surface area contributed by atoms with Gasteiger partial charge in [0.1, 0.15) is 11.6 Å². The summed E-state index contributed by atoms with van der Waals surface area (Å²) < 4.78 is 0. The number of rotatable bonds is 1. The minimum Gasteiger partial charge on any atom is -0.354 e. The van der Waals surface area contributed by atoms with E-state index in [-0.39, 0.29) is 11.3 Å². The standard InChI is InChI=1S/C17H28N4O/c1-12-13(2)18-14(3)19-15(12)20-8-7-9-21(11-10-20)16(22)17(4,5)6/h7-11H2,1-6H3. The highest BCUT2D eigenvalue weighted by molar-refractivity contribution is 5.81. The summed E-state index contributed by atoms with van der Waals surface area (Å²) in [5.74, 6) is 2.07. The molecule has 0 bridgehead atoms. The van der Waals surface area contributed by atoms with Crippen LogP contribution in [-0.2, 0) is 4.79 Å². The normalized spacial score (nSPS) is 16.6. The number of carbonyl (C=O) groups excluding carboxylic acids is 1. The van der Waals surface area contributed by atoms with Gasteiger partial charge < -0.3 is 9.80 Å². The molecule has 0 radical (unpaired) electrons. The number of anilines is 1. The molecule has 0 saturated carbocycles. The van der Waals surface area contributed by atoms with Crippen LogP contribution in [0.4, 0.5) is 5.82 Å². The molecule has 0 aromatic carbocycles. The van der Waals surface area contributed by atoms with Gasteiger partial charge in [0.05, 0.1) is 0 Å². The third-order valence-electron chi connectivity index (χ3n) is 4.20. The lowest BCUT2D eigenvalue weighted by atomic mass is 9.94. The highest BCUT2D eigenvalue weighted by atomic mass is 16.2. The third-order valence-corrected chi connectivity index (χ3v) is 4.20. The van der Waals surface area contributed by atoms with E-state index >= 15 is 0 Å². The maximum atomic E-state index is 12.5. The van der Waals surface area contributed by atoms with Crippen molar-refractivity contribution in [2.24, 2.45) is 5.41 Å². The van der Waals surface area contributed by atoms with E-state index in [4.69, 9.17) is 0 Å². The molecule has 2 heterocycles. The van der Waals surface area contributed by atoms with Crippen LogP contribution in [0.5, 0.6) is 0 Å². The number of amides is 1. The summed E-state index contributed by atoms with van der Waals surface area (Å²) in [6.45, 7) is 15.4. The lowest BCUT2D eigenvalue weighted by Crippen LogP contribution is -2.41. The molecule has 0 unspecified atom stereocenters. The molecule has 1 fully saturated rings. The monoisotopic (exact) mass is 304 g/mol. The zero-order valence-electron chi connectivity index (χ0n) is 14.7. The first-order valence-electron chi connectivity index (χ1n) is 8.06. The first-order valence-corrected chi connectivity index (χ1v) is 8.06. The average molecular weight is 304 g/mol. The van der Waals surface area contributed by atoms with Crippen LogP contribution in [0.25, 0.3) is 0 Å². The van der Waals surface area contributed by atoms with Crippen molar-refractivity contribution in [3.63, 3.8) is 0 Å². The second kappa shape index (κ2) is 6.23. The highest BCUT2D eigenvalue weighted by Gasteiger charge is 2.29. The predicted octanol–water partition coefficient (Wildman–Crippen LogP) is 2.49. The van der Waals surface area contributed by atoms with E-state index in [0.29, 0.717) is 0 Å². The Morgan fingerprint density at radius 1 is 1.00 bits per heavy atom. The van der Waals surface area contributed by atoms with Crippen molar-refractivity contribution in [3.05, 3.63) is 17.1 Å². The number of aromatic nitrogens is 2. The zero-order chi connectivity index (χ0) is 16.5. The molecule has 1 aliphatic rings. The van der Waals surface area contributed by atoms with Crippen molar-refractivity contribution >= 4 is 11.7 Å². The highest BCUT2D eigenvalue weighted by Crippen LogP contribution is 2.23. The summed E-state index contributed by atoms with van der Waals surface area (Å²) in [5.41, 5.74) is 1.86. The summed E-state index contributed by atoms with van der Waals surface area (Å²) in [7, 11) is 0. The molecule has 1 amide bonds. The molecule has 1 aliphatic heterocycles. The van der Waals surface area contributed by atoms with Crippen LogP contribution >= 0.6 is 0 Å². The molecule has 0 aliphatic carbocycles. The molecule has 1 aromatic rings. The van der Waals surface area contributed by atoms with Crippen molar-refractivity contribution in [1.82, 2.24) is 14.9 Å². The molecule has 0 atom stereocenters. The Bertz CT molecular complexity index is 563. The number of carbonyl (C=O) groups is 1.